The molecule has 1 unspecified atom stereocenters. The first-order chi connectivity index (χ1) is 13.8. The van der Waals surface area contributed by atoms with E-state index in [-0.39, 0.29) is 11.8 Å². The fourth-order valence-corrected chi connectivity index (χ4v) is 5.12. The highest BCUT2D eigenvalue weighted by molar-refractivity contribution is 7.15. The van der Waals surface area contributed by atoms with Crippen molar-refractivity contribution >= 4 is 27.9 Å². The Bertz CT molecular complexity index is 992. The monoisotopic (exact) mass is 397 g/mol. The Balaban J connectivity index is 1.23. The van der Waals surface area contributed by atoms with Gasteiger partial charge in [-0.15, -0.1) is 11.3 Å². The van der Waals surface area contributed by atoms with Crippen molar-refractivity contribution in [2.45, 2.75) is 25.8 Å². The average molecular weight is 398 g/mol. The minimum absolute atomic E-state index is 0.00298. The number of hydrogen-bond donors (Lipinski definition) is 1. The Labute approximate surface area is 167 Å². The molecule has 1 fully saturated rings. The van der Waals surface area contributed by atoms with Crippen LogP contribution in [0.4, 0.5) is 5.13 Å². The van der Waals surface area contributed by atoms with Gasteiger partial charge in [0.25, 0.3) is 0 Å². The Morgan fingerprint density at radius 3 is 3.11 bits per heavy atom. The maximum atomic E-state index is 12.8. The molecule has 0 spiro atoms. The van der Waals surface area contributed by atoms with Crippen LogP contribution in [0.2, 0.25) is 0 Å². The van der Waals surface area contributed by atoms with Gasteiger partial charge in [0, 0.05) is 49.2 Å². The van der Waals surface area contributed by atoms with Gasteiger partial charge in [-0.25, -0.2) is 9.50 Å². The zero-order valence-electron chi connectivity index (χ0n) is 15.6. The third-order valence-corrected chi connectivity index (χ3v) is 6.77. The molecule has 1 saturated heterocycles. The molecule has 7 nitrogen and oxygen atoms in total. The number of thiazole rings is 1. The lowest BCUT2D eigenvalue weighted by atomic mass is 9.90. The Morgan fingerprint density at radius 2 is 2.21 bits per heavy atom. The minimum Gasteiger partial charge on any atom is -0.378 e. The lowest BCUT2D eigenvalue weighted by molar-refractivity contribution is -0.125. The molecule has 28 heavy (non-hydrogen) atoms. The van der Waals surface area contributed by atoms with Crippen LogP contribution >= 0.6 is 11.3 Å². The largest absolute Gasteiger partial charge is 0.378 e. The number of hydrogen-bond acceptors (Lipinski definition) is 6. The van der Waals surface area contributed by atoms with E-state index in [1.807, 2.05) is 28.9 Å². The molecular formula is C20H23N5O2S. The van der Waals surface area contributed by atoms with Crippen LogP contribution in [0, 0.1) is 5.92 Å². The van der Waals surface area contributed by atoms with Gasteiger partial charge in [-0.05, 0) is 30.5 Å². The van der Waals surface area contributed by atoms with E-state index < -0.39 is 0 Å². The molecule has 8 heteroatoms. The van der Waals surface area contributed by atoms with Crippen LogP contribution in [0.25, 0.3) is 5.52 Å². The summed E-state index contributed by atoms with van der Waals surface area (Å²) in [7, 11) is 0. The van der Waals surface area contributed by atoms with Crippen molar-refractivity contribution in [3.63, 3.8) is 0 Å². The van der Waals surface area contributed by atoms with Crippen molar-refractivity contribution < 1.29 is 9.53 Å². The van der Waals surface area contributed by atoms with Crippen LogP contribution in [0.5, 0.6) is 0 Å². The van der Waals surface area contributed by atoms with Gasteiger partial charge in [-0.1, -0.05) is 6.07 Å². The molecule has 0 saturated carbocycles. The summed E-state index contributed by atoms with van der Waals surface area (Å²) < 4.78 is 7.26. The molecule has 1 N–H and O–H groups in total. The summed E-state index contributed by atoms with van der Waals surface area (Å²) in [6, 6.07) is 5.96. The number of ether oxygens (including phenoxy) is 1. The summed E-state index contributed by atoms with van der Waals surface area (Å²) >= 11 is 1.79. The van der Waals surface area contributed by atoms with E-state index in [9.17, 15) is 4.79 Å². The quantitative estimate of drug-likeness (QED) is 0.730. The van der Waals surface area contributed by atoms with E-state index in [0.717, 1.165) is 67.5 Å². The average Bonchev–Trinajstić information content (AvgIpc) is 3.39. The molecule has 0 aromatic carbocycles. The topological polar surface area (TPSA) is 71.8 Å². The van der Waals surface area contributed by atoms with E-state index in [4.69, 9.17) is 9.72 Å². The number of anilines is 1. The fraction of sp³-hybridized carbons (Fsp3) is 0.450. The number of morpholine rings is 1. The molecule has 4 heterocycles. The third-order valence-electron chi connectivity index (χ3n) is 5.56. The number of carbonyl (C=O) groups excluding carboxylic acids is 1. The number of aromatic nitrogens is 3. The number of fused-ring (bicyclic) bond motifs is 2. The van der Waals surface area contributed by atoms with Gasteiger partial charge < -0.3 is 15.0 Å². The second-order valence-corrected chi connectivity index (χ2v) is 8.38. The predicted molar refractivity (Wildman–Crippen MR) is 108 cm³/mol. The van der Waals surface area contributed by atoms with Crippen molar-refractivity contribution in [2.24, 2.45) is 5.92 Å². The highest BCUT2D eigenvalue weighted by Crippen LogP contribution is 2.34. The molecule has 2 aliphatic rings. The zero-order valence-corrected chi connectivity index (χ0v) is 16.5. The molecule has 5 rings (SSSR count). The van der Waals surface area contributed by atoms with Gasteiger partial charge in [0.2, 0.25) is 5.91 Å². The predicted octanol–water partition coefficient (Wildman–Crippen LogP) is 2.05. The number of pyridine rings is 1. The number of nitrogens with one attached hydrogen (secondary N) is 1. The van der Waals surface area contributed by atoms with Crippen molar-refractivity contribution in [1.29, 1.82) is 0 Å². The van der Waals surface area contributed by atoms with Crippen LogP contribution in [0.15, 0.2) is 30.6 Å². The van der Waals surface area contributed by atoms with Crippen LogP contribution in [0.3, 0.4) is 0 Å². The number of rotatable bonds is 4. The molecule has 1 amide bonds. The van der Waals surface area contributed by atoms with E-state index in [1.54, 1.807) is 17.5 Å². The summed E-state index contributed by atoms with van der Waals surface area (Å²) in [5.41, 5.74) is 3.22. The molecule has 146 valence electrons. The molecule has 0 bridgehead atoms. The maximum Gasteiger partial charge on any atom is 0.223 e. The molecule has 0 radical (unpaired) electrons. The number of nitrogens with zero attached hydrogens (tertiary/aromatic N) is 4. The highest BCUT2D eigenvalue weighted by Gasteiger charge is 2.28. The van der Waals surface area contributed by atoms with Crippen LogP contribution in [-0.2, 0) is 28.9 Å². The Morgan fingerprint density at radius 1 is 1.32 bits per heavy atom. The summed E-state index contributed by atoms with van der Waals surface area (Å²) in [4.78, 5) is 21.3. The van der Waals surface area contributed by atoms with Crippen molar-refractivity contribution in [3.8, 4) is 0 Å². The molecule has 3 aromatic rings. The number of amides is 1. The lowest BCUT2D eigenvalue weighted by Crippen LogP contribution is -2.36. The summed E-state index contributed by atoms with van der Waals surface area (Å²) in [6.07, 6.45) is 6.25. The number of carbonyl (C=O) groups is 1. The van der Waals surface area contributed by atoms with Gasteiger partial charge in [-0.3, -0.25) is 4.79 Å². The van der Waals surface area contributed by atoms with Crippen LogP contribution in [0.1, 0.15) is 22.6 Å². The van der Waals surface area contributed by atoms with E-state index in [1.165, 1.54) is 4.88 Å². The van der Waals surface area contributed by atoms with Gasteiger partial charge in [0.1, 0.15) is 0 Å². The zero-order chi connectivity index (χ0) is 18.9. The molecular weight excluding hydrogens is 374 g/mol. The summed E-state index contributed by atoms with van der Waals surface area (Å²) in [5.74, 6) is 0.116. The van der Waals surface area contributed by atoms with Crippen molar-refractivity contribution in [1.82, 2.24) is 19.9 Å². The highest BCUT2D eigenvalue weighted by atomic mass is 32.1. The van der Waals surface area contributed by atoms with Gasteiger partial charge in [0.15, 0.2) is 5.13 Å². The first kappa shape index (κ1) is 17.6. The fourth-order valence-electron chi connectivity index (χ4n) is 3.97. The molecule has 1 atom stereocenters. The SMILES string of the molecule is O=C(NCc1cccn2nccc12)C1CCc2sc(N3CCOCC3)nc2C1. The van der Waals surface area contributed by atoms with E-state index in [2.05, 4.69) is 15.3 Å². The van der Waals surface area contributed by atoms with Crippen LogP contribution < -0.4 is 10.2 Å². The van der Waals surface area contributed by atoms with Gasteiger partial charge >= 0.3 is 0 Å². The van der Waals surface area contributed by atoms with Crippen molar-refractivity contribution in [2.75, 3.05) is 31.2 Å². The normalized spacial score (nSPS) is 19.6. The van der Waals surface area contributed by atoms with Crippen LogP contribution in [-0.4, -0.2) is 46.8 Å². The second kappa shape index (κ2) is 7.52. The molecule has 3 aromatic heterocycles. The number of aryl methyl sites for hydroxylation is 1. The van der Waals surface area contributed by atoms with E-state index >= 15 is 0 Å². The first-order valence-electron chi connectivity index (χ1n) is 9.78. The van der Waals surface area contributed by atoms with Gasteiger partial charge in [-0.2, -0.15) is 5.10 Å². The summed E-state index contributed by atoms with van der Waals surface area (Å²) in [5, 5.41) is 8.45. The third kappa shape index (κ3) is 3.38. The maximum absolute atomic E-state index is 12.8. The minimum atomic E-state index is -0.00298. The first-order valence-corrected chi connectivity index (χ1v) is 10.6. The second-order valence-electron chi connectivity index (χ2n) is 7.32. The van der Waals surface area contributed by atoms with E-state index in [0.29, 0.717) is 6.54 Å². The Kier molecular flexibility index (Phi) is 4.74. The summed E-state index contributed by atoms with van der Waals surface area (Å²) in [6.45, 7) is 3.85. The lowest BCUT2D eigenvalue weighted by Gasteiger charge is -2.26. The Hall–Kier alpha value is -2.45. The molecule has 1 aliphatic carbocycles. The smallest absolute Gasteiger partial charge is 0.223 e. The van der Waals surface area contributed by atoms with Gasteiger partial charge in [0.05, 0.1) is 24.4 Å². The molecule has 1 aliphatic heterocycles. The van der Waals surface area contributed by atoms with Crippen molar-refractivity contribution in [3.05, 3.63) is 46.7 Å². The standard InChI is InChI=1S/C20H23N5O2S/c26-19(21-13-15-2-1-7-25-17(15)5-6-22-25)14-3-4-18-16(12-14)23-20(28-18)24-8-10-27-11-9-24/h1-2,5-7,14H,3-4,8-13H2,(H,21,26).